The van der Waals surface area contributed by atoms with Crippen molar-refractivity contribution in [3.63, 3.8) is 0 Å². The predicted molar refractivity (Wildman–Crippen MR) is 132 cm³/mol. The van der Waals surface area contributed by atoms with Gasteiger partial charge in [0.2, 0.25) is 0 Å². The number of ether oxygens (including phenoxy) is 5. The van der Waals surface area contributed by atoms with Crippen molar-refractivity contribution < 1.29 is 33.3 Å². The molecule has 0 fully saturated rings. The summed E-state index contributed by atoms with van der Waals surface area (Å²) in [6, 6.07) is 12.6. The summed E-state index contributed by atoms with van der Waals surface area (Å²) >= 11 is 0. The summed E-state index contributed by atoms with van der Waals surface area (Å²) in [5.41, 5.74) is 1.98. The lowest BCUT2D eigenvalue weighted by atomic mass is 9.83. The number of hydrogen-bond acceptors (Lipinski definition) is 8. The molecule has 0 radical (unpaired) electrons. The number of hydrogen-bond donors (Lipinski definition) is 0. The van der Waals surface area contributed by atoms with Crippen LogP contribution in [0.1, 0.15) is 32.3 Å². The normalized spacial score (nSPS) is 13.5. The second-order valence-electron chi connectivity index (χ2n) is 7.49. The van der Waals surface area contributed by atoms with E-state index < -0.39 is 17.9 Å². The maximum Gasteiger partial charge on any atom is 0.336 e. The zero-order chi connectivity index (χ0) is 25.4. The third-order valence-corrected chi connectivity index (χ3v) is 5.39. The van der Waals surface area contributed by atoms with E-state index in [-0.39, 0.29) is 13.2 Å². The first-order valence-corrected chi connectivity index (χ1v) is 11.5. The first-order valence-electron chi connectivity index (χ1n) is 11.5. The number of rotatable bonds is 10. The molecule has 0 N–H and O–H groups in total. The van der Waals surface area contributed by atoms with Crippen LogP contribution >= 0.6 is 0 Å². The van der Waals surface area contributed by atoms with Gasteiger partial charge in [-0.25, -0.2) is 9.59 Å². The molecule has 2 aromatic rings. The van der Waals surface area contributed by atoms with Gasteiger partial charge in [0.1, 0.15) is 5.75 Å². The highest BCUT2D eigenvalue weighted by atomic mass is 16.5. The van der Waals surface area contributed by atoms with Crippen LogP contribution in [-0.4, -0.2) is 46.0 Å². The summed E-state index contributed by atoms with van der Waals surface area (Å²) < 4.78 is 27.1. The van der Waals surface area contributed by atoms with Crippen molar-refractivity contribution in [3.8, 4) is 17.2 Å². The maximum absolute atomic E-state index is 13.1. The van der Waals surface area contributed by atoms with E-state index in [4.69, 9.17) is 23.7 Å². The Morgan fingerprint density at radius 2 is 1.34 bits per heavy atom. The molecular weight excluding hydrogens is 450 g/mol. The summed E-state index contributed by atoms with van der Waals surface area (Å²) in [5, 5.41) is 0. The van der Waals surface area contributed by atoms with Crippen LogP contribution in [0, 0.1) is 0 Å². The van der Waals surface area contributed by atoms with Crippen LogP contribution in [0.25, 0.3) is 0 Å². The molecule has 8 nitrogen and oxygen atoms in total. The number of methoxy groups -OCH3 is 2. The van der Waals surface area contributed by atoms with E-state index in [1.165, 1.54) is 7.11 Å². The van der Waals surface area contributed by atoms with Gasteiger partial charge in [0.25, 0.3) is 0 Å². The van der Waals surface area contributed by atoms with Gasteiger partial charge < -0.3 is 28.6 Å². The summed E-state index contributed by atoms with van der Waals surface area (Å²) in [6.45, 7) is 6.32. The van der Waals surface area contributed by atoms with Crippen molar-refractivity contribution in [3.05, 3.63) is 71.6 Å². The fourth-order valence-electron chi connectivity index (χ4n) is 3.85. The smallest absolute Gasteiger partial charge is 0.336 e. The van der Waals surface area contributed by atoms with Crippen LogP contribution in [0.5, 0.6) is 17.2 Å². The number of esters is 2. The minimum Gasteiger partial charge on any atom is -0.494 e. The van der Waals surface area contributed by atoms with Crippen LogP contribution in [0.3, 0.4) is 0 Å². The number of nitrogens with zero attached hydrogens (tertiary/aromatic N) is 1. The van der Waals surface area contributed by atoms with Gasteiger partial charge in [0.05, 0.1) is 51.1 Å². The van der Waals surface area contributed by atoms with Gasteiger partial charge in [-0.3, -0.25) is 0 Å². The standard InChI is InChI=1S/C27H31NO7/c1-6-33-20-12-10-19(11-13-20)28-16-21(26(29)34-7-2)25(22(17-28)27(30)35-8-3)18-9-14-23(31-4)24(15-18)32-5/h9-17,25H,6-8H2,1-5H3. The summed E-state index contributed by atoms with van der Waals surface area (Å²) in [6.07, 6.45) is 3.36. The van der Waals surface area contributed by atoms with E-state index in [0.29, 0.717) is 34.8 Å². The molecule has 0 aliphatic carbocycles. The SMILES string of the molecule is CCOC(=O)C1=CN(c2ccc(OCC)cc2)C=C(C(=O)OCC)C1c1ccc(OC)c(OC)c1. The molecule has 0 bridgehead atoms. The minimum atomic E-state index is -0.730. The predicted octanol–water partition coefficient (Wildman–Crippen LogP) is 4.60. The minimum absolute atomic E-state index is 0.191. The lowest BCUT2D eigenvalue weighted by Crippen LogP contribution is -2.29. The number of benzene rings is 2. The highest BCUT2D eigenvalue weighted by Crippen LogP contribution is 2.41. The van der Waals surface area contributed by atoms with E-state index in [9.17, 15) is 9.59 Å². The second-order valence-corrected chi connectivity index (χ2v) is 7.49. The molecule has 1 heterocycles. The van der Waals surface area contributed by atoms with Gasteiger partial charge in [-0.1, -0.05) is 6.07 Å². The molecule has 0 unspecified atom stereocenters. The molecule has 1 aliphatic heterocycles. The Labute approximate surface area is 205 Å². The monoisotopic (exact) mass is 481 g/mol. The molecule has 0 saturated heterocycles. The average Bonchev–Trinajstić information content (AvgIpc) is 2.88. The van der Waals surface area contributed by atoms with E-state index in [1.807, 2.05) is 31.2 Å². The summed E-state index contributed by atoms with van der Waals surface area (Å²) in [5.74, 6) is -0.0551. The quantitative estimate of drug-likeness (QED) is 0.456. The number of anilines is 1. The average molecular weight is 482 g/mol. The second kappa shape index (κ2) is 12.0. The molecule has 186 valence electrons. The molecule has 0 atom stereocenters. The van der Waals surface area contributed by atoms with Crippen molar-refractivity contribution in [2.24, 2.45) is 0 Å². The summed E-state index contributed by atoms with van der Waals surface area (Å²) in [4.78, 5) is 28.0. The fraction of sp³-hybridized carbons (Fsp3) is 0.333. The Balaban J connectivity index is 2.16. The molecule has 0 amide bonds. The fourth-order valence-corrected chi connectivity index (χ4v) is 3.85. The van der Waals surface area contributed by atoms with Crippen molar-refractivity contribution in [2.45, 2.75) is 26.7 Å². The van der Waals surface area contributed by atoms with Gasteiger partial charge in [-0.05, 0) is 62.7 Å². The Kier molecular flexibility index (Phi) is 8.78. The van der Waals surface area contributed by atoms with Gasteiger partial charge in [0.15, 0.2) is 11.5 Å². The van der Waals surface area contributed by atoms with Gasteiger partial charge in [-0.15, -0.1) is 0 Å². The first-order chi connectivity index (χ1) is 17.0. The highest BCUT2D eigenvalue weighted by Gasteiger charge is 2.36. The van der Waals surface area contributed by atoms with Crippen LogP contribution in [-0.2, 0) is 19.1 Å². The van der Waals surface area contributed by atoms with Gasteiger partial charge in [0, 0.05) is 18.1 Å². The molecule has 3 rings (SSSR count). The molecule has 0 saturated carbocycles. The Morgan fingerprint density at radius 1 is 0.771 bits per heavy atom. The lowest BCUT2D eigenvalue weighted by Gasteiger charge is -2.30. The van der Waals surface area contributed by atoms with Crippen molar-refractivity contribution in [1.82, 2.24) is 0 Å². The molecule has 0 aromatic heterocycles. The van der Waals surface area contributed by atoms with Gasteiger partial charge in [-0.2, -0.15) is 0 Å². The van der Waals surface area contributed by atoms with E-state index >= 15 is 0 Å². The zero-order valence-corrected chi connectivity index (χ0v) is 20.7. The Morgan fingerprint density at radius 3 is 1.83 bits per heavy atom. The topological polar surface area (TPSA) is 83.5 Å². The Hall–Kier alpha value is -3.94. The van der Waals surface area contributed by atoms with Crippen LogP contribution in [0.2, 0.25) is 0 Å². The third-order valence-electron chi connectivity index (χ3n) is 5.39. The van der Waals surface area contributed by atoms with Gasteiger partial charge >= 0.3 is 11.9 Å². The van der Waals surface area contributed by atoms with Crippen LogP contribution < -0.4 is 19.1 Å². The Bertz CT molecular complexity index is 1070. The molecule has 1 aliphatic rings. The van der Waals surface area contributed by atoms with Crippen LogP contribution in [0.15, 0.2) is 66.0 Å². The first kappa shape index (κ1) is 25.7. The third kappa shape index (κ3) is 5.77. The van der Waals surface area contributed by atoms with Crippen molar-refractivity contribution in [1.29, 1.82) is 0 Å². The maximum atomic E-state index is 13.1. The molecule has 0 spiro atoms. The lowest BCUT2D eigenvalue weighted by molar-refractivity contribution is -0.139. The number of carbonyl (C=O) groups excluding carboxylic acids is 2. The zero-order valence-electron chi connectivity index (χ0n) is 20.7. The van der Waals surface area contributed by atoms with Crippen LogP contribution in [0.4, 0.5) is 5.69 Å². The molecule has 2 aromatic carbocycles. The highest BCUT2D eigenvalue weighted by molar-refractivity contribution is 6.00. The largest absolute Gasteiger partial charge is 0.494 e. The molecular formula is C27H31NO7. The summed E-state index contributed by atoms with van der Waals surface area (Å²) in [7, 11) is 3.07. The van der Waals surface area contributed by atoms with E-state index in [1.54, 1.807) is 56.5 Å². The van der Waals surface area contributed by atoms with E-state index in [2.05, 4.69) is 0 Å². The van der Waals surface area contributed by atoms with E-state index in [0.717, 1.165) is 11.4 Å². The number of carbonyl (C=O) groups is 2. The molecule has 8 heteroatoms. The molecule has 35 heavy (non-hydrogen) atoms. The van der Waals surface area contributed by atoms with Crippen molar-refractivity contribution in [2.75, 3.05) is 38.9 Å². The van der Waals surface area contributed by atoms with Crippen molar-refractivity contribution >= 4 is 17.6 Å².